The highest BCUT2D eigenvalue weighted by atomic mass is 16.7. The first kappa shape index (κ1) is 27.2. The molecule has 2 amide bonds. The van der Waals surface area contributed by atoms with Crippen molar-refractivity contribution in [1.82, 2.24) is 25.6 Å². The van der Waals surface area contributed by atoms with Gasteiger partial charge < -0.3 is 41.7 Å². The summed E-state index contributed by atoms with van der Waals surface area (Å²) in [5, 5.41) is 15.7. The number of carbonyl (C=O) groups is 3. The van der Waals surface area contributed by atoms with Gasteiger partial charge in [0.2, 0.25) is 12.7 Å². The van der Waals surface area contributed by atoms with Crippen LogP contribution < -0.4 is 31.6 Å². The summed E-state index contributed by atoms with van der Waals surface area (Å²) >= 11 is 0. The Labute approximate surface area is 234 Å². The molecule has 2 aromatic carbocycles. The maximum absolute atomic E-state index is 12.7. The number of ether oxygens (including phenoxy) is 2. The average molecular weight is 560 g/mol. The molecule has 0 unspecified atom stereocenters. The van der Waals surface area contributed by atoms with Crippen LogP contribution in [0.4, 0.5) is 11.8 Å². The van der Waals surface area contributed by atoms with E-state index in [1.807, 2.05) is 18.3 Å². The van der Waals surface area contributed by atoms with E-state index < -0.39 is 17.9 Å². The molecule has 1 aliphatic rings. The van der Waals surface area contributed by atoms with Crippen molar-refractivity contribution in [3.05, 3.63) is 70.9 Å². The van der Waals surface area contributed by atoms with Crippen LogP contribution in [0.5, 0.6) is 11.5 Å². The zero-order valence-corrected chi connectivity index (χ0v) is 22.0. The number of carbonyl (C=O) groups excluding carboxylic acids is 2. The summed E-state index contributed by atoms with van der Waals surface area (Å²) in [5.74, 6) is -0.463. The van der Waals surface area contributed by atoms with E-state index in [1.165, 1.54) is 0 Å². The zero-order valence-electron chi connectivity index (χ0n) is 22.0. The molecule has 0 fully saturated rings. The molecule has 13 heteroatoms. The third-order valence-corrected chi connectivity index (χ3v) is 6.75. The molecule has 0 bridgehead atoms. The molecule has 8 N–H and O–H groups in total. The third kappa shape index (κ3) is 6.30. The number of nitrogens with two attached hydrogens (primary N) is 2. The Bertz CT molecular complexity index is 1600. The Kier molecular flexibility index (Phi) is 7.85. The summed E-state index contributed by atoms with van der Waals surface area (Å²) in [7, 11) is 0. The SMILES string of the molecule is Nc1nc(N)c2c(CCc3ccc(C(=O)N[C@@H](CCCNC(=O)c4ccc5c(c4)OCO5)C(=O)O)cc3)c[nH]c2n1. The van der Waals surface area contributed by atoms with Gasteiger partial charge in [0.25, 0.3) is 11.8 Å². The Balaban J connectivity index is 1.10. The number of aliphatic carboxylic acids is 1. The van der Waals surface area contributed by atoms with E-state index >= 15 is 0 Å². The highest BCUT2D eigenvalue weighted by Gasteiger charge is 2.21. The summed E-state index contributed by atoms with van der Waals surface area (Å²) < 4.78 is 10.5. The maximum Gasteiger partial charge on any atom is 0.326 e. The molecule has 41 heavy (non-hydrogen) atoms. The van der Waals surface area contributed by atoms with Gasteiger partial charge in [0.1, 0.15) is 17.5 Å². The van der Waals surface area contributed by atoms with E-state index in [0.717, 1.165) is 16.5 Å². The number of nitrogen functional groups attached to an aromatic ring is 2. The van der Waals surface area contributed by atoms with Gasteiger partial charge >= 0.3 is 5.97 Å². The van der Waals surface area contributed by atoms with Crippen LogP contribution in [0.15, 0.2) is 48.7 Å². The summed E-state index contributed by atoms with van der Waals surface area (Å²) in [6.45, 7) is 0.352. The lowest BCUT2D eigenvalue weighted by Crippen LogP contribution is -2.41. The second kappa shape index (κ2) is 11.8. The number of benzene rings is 2. The lowest BCUT2D eigenvalue weighted by Gasteiger charge is -2.15. The molecule has 0 radical (unpaired) electrons. The lowest BCUT2D eigenvalue weighted by atomic mass is 10.0. The number of amides is 2. The van der Waals surface area contributed by atoms with Gasteiger partial charge in [-0.2, -0.15) is 9.97 Å². The number of aromatic nitrogens is 3. The number of anilines is 2. The molecule has 0 aliphatic carbocycles. The van der Waals surface area contributed by atoms with Gasteiger partial charge in [0.15, 0.2) is 11.5 Å². The minimum Gasteiger partial charge on any atom is -0.480 e. The molecule has 5 rings (SSSR count). The quantitative estimate of drug-likeness (QED) is 0.147. The highest BCUT2D eigenvalue weighted by molar-refractivity contribution is 5.97. The van der Waals surface area contributed by atoms with Crippen molar-refractivity contribution >= 4 is 40.6 Å². The van der Waals surface area contributed by atoms with Crippen LogP contribution in [-0.2, 0) is 17.6 Å². The summed E-state index contributed by atoms with van der Waals surface area (Å²) in [6.07, 6.45) is 3.65. The molecule has 4 aromatic rings. The molecule has 0 spiro atoms. The number of aromatic amines is 1. The molecule has 1 atom stereocenters. The minimum absolute atomic E-state index is 0.104. The Hall–Kier alpha value is -5.33. The fraction of sp³-hybridized carbons (Fsp3) is 0.250. The van der Waals surface area contributed by atoms with E-state index in [9.17, 15) is 19.5 Å². The molecule has 13 nitrogen and oxygen atoms in total. The molecular formula is C28H29N7O6. The van der Waals surface area contributed by atoms with Crippen molar-refractivity contribution in [3.8, 4) is 11.5 Å². The van der Waals surface area contributed by atoms with E-state index in [-0.39, 0.29) is 31.6 Å². The molecule has 0 saturated heterocycles. The second-order valence-electron chi connectivity index (χ2n) is 9.53. The van der Waals surface area contributed by atoms with Gasteiger partial charge in [-0.3, -0.25) is 9.59 Å². The fourth-order valence-electron chi connectivity index (χ4n) is 4.59. The number of nitrogens with zero attached hydrogens (tertiary/aromatic N) is 2. The number of nitrogens with one attached hydrogen (secondary N) is 3. The topological polar surface area (TPSA) is 208 Å². The van der Waals surface area contributed by atoms with Crippen LogP contribution in [-0.4, -0.2) is 57.2 Å². The van der Waals surface area contributed by atoms with Crippen molar-refractivity contribution in [2.24, 2.45) is 0 Å². The van der Waals surface area contributed by atoms with E-state index in [2.05, 4.69) is 25.6 Å². The molecule has 212 valence electrons. The van der Waals surface area contributed by atoms with Crippen LogP contribution in [0.1, 0.15) is 44.7 Å². The van der Waals surface area contributed by atoms with E-state index in [0.29, 0.717) is 53.4 Å². The van der Waals surface area contributed by atoms with Gasteiger partial charge in [-0.1, -0.05) is 12.1 Å². The number of hydrogen-bond donors (Lipinski definition) is 6. The van der Waals surface area contributed by atoms with Gasteiger partial charge in [0.05, 0.1) is 5.39 Å². The van der Waals surface area contributed by atoms with Crippen molar-refractivity contribution in [3.63, 3.8) is 0 Å². The first-order chi connectivity index (χ1) is 19.8. The maximum atomic E-state index is 12.7. The third-order valence-electron chi connectivity index (χ3n) is 6.75. The summed E-state index contributed by atoms with van der Waals surface area (Å²) in [5.41, 5.74) is 14.9. The number of hydrogen-bond acceptors (Lipinski definition) is 9. The number of rotatable bonds is 11. The predicted molar refractivity (Wildman–Crippen MR) is 150 cm³/mol. The Morgan fingerprint density at radius 1 is 0.976 bits per heavy atom. The van der Waals surface area contributed by atoms with Crippen molar-refractivity contribution < 1.29 is 29.0 Å². The van der Waals surface area contributed by atoms with Crippen LogP contribution in [0.25, 0.3) is 11.0 Å². The van der Waals surface area contributed by atoms with Gasteiger partial charge in [-0.25, -0.2) is 4.79 Å². The summed E-state index contributed by atoms with van der Waals surface area (Å²) in [4.78, 5) is 48.1. The monoisotopic (exact) mass is 559 g/mol. The smallest absolute Gasteiger partial charge is 0.326 e. The highest BCUT2D eigenvalue weighted by Crippen LogP contribution is 2.32. The van der Waals surface area contributed by atoms with Crippen molar-refractivity contribution in [2.75, 3.05) is 24.8 Å². The average Bonchev–Trinajstić information content (AvgIpc) is 3.60. The molecular weight excluding hydrogens is 530 g/mol. The van der Waals surface area contributed by atoms with Crippen LogP contribution in [0, 0.1) is 0 Å². The number of fused-ring (bicyclic) bond motifs is 2. The number of H-pyrrole nitrogens is 1. The Morgan fingerprint density at radius 2 is 1.73 bits per heavy atom. The summed E-state index contributed by atoms with van der Waals surface area (Å²) in [6, 6.07) is 10.7. The van der Waals surface area contributed by atoms with Gasteiger partial charge in [-0.15, -0.1) is 0 Å². The van der Waals surface area contributed by atoms with E-state index in [4.69, 9.17) is 20.9 Å². The zero-order chi connectivity index (χ0) is 28.9. The van der Waals surface area contributed by atoms with Crippen LogP contribution in [0.2, 0.25) is 0 Å². The van der Waals surface area contributed by atoms with Crippen molar-refractivity contribution in [2.45, 2.75) is 31.7 Å². The first-order valence-electron chi connectivity index (χ1n) is 13.0. The first-order valence-corrected chi connectivity index (χ1v) is 13.0. The lowest BCUT2D eigenvalue weighted by molar-refractivity contribution is -0.139. The van der Waals surface area contributed by atoms with Gasteiger partial charge in [0, 0.05) is 23.9 Å². The van der Waals surface area contributed by atoms with Crippen molar-refractivity contribution in [1.29, 1.82) is 0 Å². The molecule has 3 heterocycles. The molecule has 0 saturated carbocycles. The number of carboxylic acids is 1. The number of aryl methyl sites for hydroxylation is 2. The largest absolute Gasteiger partial charge is 0.480 e. The second-order valence-corrected chi connectivity index (χ2v) is 9.53. The normalized spacial score (nSPS) is 12.7. The molecule has 1 aliphatic heterocycles. The predicted octanol–water partition coefficient (Wildman–Crippen LogP) is 2.03. The fourth-order valence-corrected chi connectivity index (χ4v) is 4.59. The molecule has 2 aromatic heterocycles. The minimum atomic E-state index is -1.15. The van der Waals surface area contributed by atoms with E-state index in [1.54, 1.807) is 30.3 Å². The van der Waals surface area contributed by atoms with Crippen LogP contribution >= 0.6 is 0 Å². The standard InChI is InChI=1S/C28H29N7O6/c29-23-22-18(13-32-24(22)35-28(30)34-23)8-5-15-3-6-16(7-4-15)26(37)33-19(27(38)39)2-1-11-31-25(36)17-9-10-20-21(12-17)41-14-40-20/h3-4,6-7,9-10,12-13,19H,1-2,5,8,11,14H2,(H,31,36)(H,33,37)(H,38,39)(H5,29,30,32,34,35)/t19-/m0/s1. The number of carboxylic acid groups (broad SMARTS) is 1. The van der Waals surface area contributed by atoms with Crippen LogP contribution in [0.3, 0.4) is 0 Å². The Morgan fingerprint density at radius 3 is 2.51 bits per heavy atom. The van der Waals surface area contributed by atoms with Gasteiger partial charge in [-0.05, 0) is 67.1 Å².